The average molecular weight is 457 g/mol. The molecular formula is C22H31F3N4O3. The van der Waals surface area contributed by atoms with Gasteiger partial charge in [-0.05, 0) is 56.9 Å². The number of amides is 3. The van der Waals surface area contributed by atoms with Gasteiger partial charge in [-0.2, -0.15) is 13.2 Å². The van der Waals surface area contributed by atoms with Crippen LogP contribution in [0.15, 0.2) is 18.3 Å². The highest BCUT2D eigenvalue weighted by Gasteiger charge is 2.46. The van der Waals surface area contributed by atoms with E-state index in [0.29, 0.717) is 31.4 Å². The van der Waals surface area contributed by atoms with Crippen LogP contribution in [0.5, 0.6) is 5.75 Å². The van der Waals surface area contributed by atoms with Gasteiger partial charge in [0.2, 0.25) is 0 Å². The number of carbonyl (C=O) groups is 2. The summed E-state index contributed by atoms with van der Waals surface area (Å²) in [6.07, 6.45) is 1.05. The van der Waals surface area contributed by atoms with Gasteiger partial charge in [0, 0.05) is 31.4 Å². The van der Waals surface area contributed by atoms with Gasteiger partial charge in [-0.25, -0.2) is 4.79 Å². The van der Waals surface area contributed by atoms with Gasteiger partial charge in [0.25, 0.3) is 5.91 Å². The summed E-state index contributed by atoms with van der Waals surface area (Å²) in [7, 11) is 1.53. The van der Waals surface area contributed by atoms with E-state index in [9.17, 15) is 22.8 Å². The summed E-state index contributed by atoms with van der Waals surface area (Å²) in [6.45, 7) is 1.63. The van der Waals surface area contributed by atoms with Crippen LogP contribution in [0.3, 0.4) is 0 Å². The lowest BCUT2D eigenvalue weighted by molar-refractivity contribution is -0.196. The SMILES string of the molecule is CNC(=O)c1cc(OC2CCC(NC(=O)NC3CCC(C)C(C(F)(F)F)C3)CC2)ccn1. The number of nitrogens with zero attached hydrogens (tertiary/aromatic N) is 1. The van der Waals surface area contributed by atoms with Crippen molar-refractivity contribution >= 4 is 11.9 Å². The molecule has 178 valence electrons. The number of rotatable bonds is 5. The van der Waals surface area contributed by atoms with Crippen molar-refractivity contribution in [3.05, 3.63) is 24.0 Å². The topological polar surface area (TPSA) is 92.4 Å². The highest BCUT2D eigenvalue weighted by Crippen LogP contribution is 2.41. The molecule has 3 atom stereocenters. The normalized spacial score (nSPS) is 28.5. The van der Waals surface area contributed by atoms with Crippen molar-refractivity contribution in [2.45, 2.75) is 76.2 Å². The molecule has 1 aromatic rings. The molecule has 2 fully saturated rings. The van der Waals surface area contributed by atoms with Crippen LogP contribution in [0.1, 0.15) is 62.4 Å². The van der Waals surface area contributed by atoms with Crippen LogP contribution in [0.25, 0.3) is 0 Å². The second kappa shape index (κ2) is 10.4. The van der Waals surface area contributed by atoms with Crippen LogP contribution in [0.4, 0.5) is 18.0 Å². The van der Waals surface area contributed by atoms with Gasteiger partial charge in [-0.1, -0.05) is 6.92 Å². The lowest BCUT2D eigenvalue weighted by Gasteiger charge is -2.36. The van der Waals surface area contributed by atoms with Crippen molar-refractivity contribution in [1.29, 1.82) is 0 Å². The molecule has 2 saturated carbocycles. The molecule has 0 radical (unpaired) electrons. The smallest absolute Gasteiger partial charge is 0.392 e. The fourth-order valence-corrected chi connectivity index (χ4v) is 4.58. The fraction of sp³-hybridized carbons (Fsp3) is 0.682. The average Bonchev–Trinajstić information content (AvgIpc) is 2.75. The molecule has 1 heterocycles. The van der Waals surface area contributed by atoms with E-state index in [-0.39, 0.29) is 30.2 Å². The molecular weight excluding hydrogens is 425 g/mol. The lowest BCUT2D eigenvalue weighted by atomic mass is 9.77. The molecule has 2 aliphatic carbocycles. The third-order valence-corrected chi connectivity index (χ3v) is 6.45. The van der Waals surface area contributed by atoms with Gasteiger partial charge >= 0.3 is 12.2 Å². The highest BCUT2D eigenvalue weighted by atomic mass is 19.4. The first kappa shape index (κ1) is 24.1. The zero-order valence-electron chi connectivity index (χ0n) is 18.4. The quantitative estimate of drug-likeness (QED) is 0.629. The van der Waals surface area contributed by atoms with E-state index in [1.807, 2.05) is 0 Å². The Morgan fingerprint density at radius 1 is 1.06 bits per heavy atom. The van der Waals surface area contributed by atoms with Gasteiger partial charge in [0.05, 0.1) is 12.0 Å². The second-order valence-electron chi connectivity index (χ2n) is 8.80. The highest BCUT2D eigenvalue weighted by molar-refractivity contribution is 5.92. The van der Waals surface area contributed by atoms with Gasteiger partial charge in [0.15, 0.2) is 0 Å². The van der Waals surface area contributed by atoms with Crippen LogP contribution in [-0.2, 0) is 0 Å². The van der Waals surface area contributed by atoms with Crippen molar-refractivity contribution in [3.8, 4) is 5.75 Å². The molecule has 2 aliphatic rings. The maximum Gasteiger partial charge on any atom is 0.392 e. The minimum absolute atomic E-state index is 0.0385. The van der Waals surface area contributed by atoms with Crippen LogP contribution >= 0.6 is 0 Å². The van der Waals surface area contributed by atoms with Gasteiger partial charge in [-0.15, -0.1) is 0 Å². The Morgan fingerprint density at radius 3 is 2.38 bits per heavy atom. The van der Waals surface area contributed by atoms with E-state index in [0.717, 1.165) is 12.8 Å². The van der Waals surface area contributed by atoms with Crippen molar-refractivity contribution in [3.63, 3.8) is 0 Å². The molecule has 3 unspecified atom stereocenters. The third-order valence-electron chi connectivity index (χ3n) is 6.45. The predicted octanol–water partition coefficient (Wildman–Crippen LogP) is 3.80. The van der Waals surface area contributed by atoms with Crippen LogP contribution in [0.2, 0.25) is 0 Å². The van der Waals surface area contributed by atoms with Gasteiger partial charge in [-0.3, -0.25) is 9.78 Å². The summed E-state index contributed by atoms with van der Waals surface area (Å²) in [6, 6.07) is 2.38. The second-order valence-corrected chi connectivity index (χ2v) is 8.80. The van der Waals surface area contributed by atoms with Crippen LogP contribution in [0, 0.1) is 11.8 Å². The number of halogens is 3. The monoisotopic (exact) mass is 456 g/mol. The molecule has 3 N–H and O–H groups in total. The Balaban J connectivity index is 1.42. The third kappa shape index (κ3) is 6.49. The number of urea groups is 1. The number of carbonyl (C=O) groups excluding carboxylic acids is 2. The lowest BCUT2D eigenvalue weighted by Crippen LogP contribution is -2.50. The molecule has 0 bridgehead atoms. The Hall–Kier alpha value is -2.52. The van der Waals surface area contributed by atoms with Crippen LogP contribution < -0.4 is 20.7 Å². The minimum Gasteiger partial charge on any atom is -0.490 e. The molecule has 3 rings (SSSR count). The van der Waals surface area contributed by atoms with Crippen LogP contribution in [-0.4, -0.2) is 48.3 Å². The van der Waals surface area contributed by atoms with Crippen molar-refractivity contribution in [2.24, 2.45) is 11.8 Å². The number of hydrogen-bond acceptors (Lipinski definition) is 4. The summed E-state index contributed by atoms with van der Waals surface area (Å²) in [4.78, 5) is 28.0. The molecule has 1 aromatic heterocycles. The number of alkyl halides is 3. The van der Waals surface area contributed by atoms with Gasteiger partial charge in [0.1, 0.15) is 11.4 Å². The molecule has 10 heteroatoms. The van der Waals surface area contributed by atoms with Crippen molar-refractivity contribution in [1.82, 2.24) is 20.9 Å². The number of aromatic nitrogens is 1. The minimum atomic E-state index is -4.23. The largest absolute Gasteiger partial charge is 0.490 e. The van der Waals surface area contributed by atoms with E-state index >= 15 is 0 Å². The Kier molecular flexibility index (Phi) is 7.84. The summed E-state index contributed by atoms with van der Waals surface area (Å²) >= 11 is 0. The first-order chi connectivity index (χ1) is 15.2. The summed E-state index contributed by atoms with van der Waals surface area (Å²) in [5, 5.41) is 8.15. The van der Waals surface area contributed by atoms with E-state index in [1.165, 1.54) is 13.2 Å². The Labute approximate surface area is 185 Å². The van der Waals surface area contributed by atoms with Crippen molar-refractivity contribution in [2.75, 3.05) is 7.05 Å². The maximum atomic E-state index is 13.2. The zero-order valence-corrected chi connectivity index (χ0v) is 18.4. The molecule has 0 aromatic carbocycles. The van der Waals surface area contributed by atoms with E-state index in [2.05, 4.69) is 20.9 Å². The standard InChI is InChI=1S/C22H31F3N4O3/c1-13-3-4-15(11-18(13)22(23,24)25)29-21(31)28-14-5-7-16(8-6-14)32-17-9-10-27-19(12-17)20(30)26-2/h9-10,12-16,18H,3-8,11H2,1-2H3,(H,26,30)(H2,28,29,31). The van der Waals surface area contributed by atoms with Gasteiger partial charge < -0.3 is 20.7 Å². The molecule has 0 spiro atoms. The number of nitrogens with one attached hydrogen (secondary N) is 3. The molecule has 0 saturated heterocycles. The predicted molar refractivity (Wildman–Crippen MR) is 112 cm³/mol. The molecule has 7 nitrogen and oxygen atoms in total. The molecule has 3 amide bonds. The number of ether oxygens (including phenoxy) is 1. The Morgan fingerprint density at radius 2 is 1.72 bits per heavy atom. The van der Waals surface area contributed by atoms with Crippen molar-refractivity contribution < 1.29 is 27.5 Å². The number of pyridine rings is 1. The Bertz CT molecular complexity index is 797. The fourth-order valence-electron chi connectivity index (χ4n) is 4.58. The first-order valence-electron chi connectivity index (χ1n) is 11.1. The van der Waals surface area contributed by atoms with E-state index in [4.69, 9.17) is 4.74 Å². The van der Waals surface area contributed by atoms with E-state index in [1.54, 1.807) is 19.1 Å². The summed E-state index contributed by atoms with van der Waals surface area (Å²) in [5.41, 5.74) is 0.280. The molecule has 32 heavy (non-hydrogen) atoms. The zero-order chi connectivity index (χ0) is 23.3. The maximum absolute atomic E-state index is 13.2. The first-order valence-corrected chi connectivity index (χ1v) is 11.1. The number of hydrogen-bond donors (Lipinski definition) is 3. The summed E-state index contributed by atoms with van der Waals surface area (Å²) in [5.74, 6) is -1.51. The van der Waals surface area contributed by atoms with E-state index < -0.39 is 30.1 Å². The summed E-state index contributed by atoms with van der Waals surface area (Å²) < 4.78 is 45.5. The molecule has 0 aliphatic heterocycles.